The number of Topliss-reactive ketones (excluding diaryl/α,β-unsaturated/α-hetero) is 1. The lowest BCUT2D eigenvalue weighted by Crippen LogP contribution is -2.41. The number of nitro groups is 1. The van der Waals surface area contributed by atoms with Crippen molar-refractivity contribution in [2.24, 2.45) is 0 Å². The van der Waals surface area contributed by atoms with E-state index in [1.165, 1.54) is 13.0 Å². The van der Waals surface area contributed by atoms with Crippen molar-refractivity contribution in [2.45, 2.75) is 19.9 Å². The molecule has 0 saturated carbocycles. The Kier molecular flexibility index (Phi) is 5.88. The van der Waals surface area contributed by atoms with Crippen LogP contribution in [0.5, 0.6) is 0 Å². The van der Waals surface area contributed by atoms with E-state index in [0.717, 1.165) is 24.6 Å². The molecule has 0 radical (unpaired) electrons. The minimum atomic E-state index is -0.477. The number of hydrogen-bond donors (Lipinski definition) is 1. The van der Waals surface area contributed by atoms with Crippen molar-refractivity contribution in [3.8, 4) is 0 Å². The summed E-state index contributed by atoms with van der Waals surface area (Å²) in [5.41, 5.74) is 0.587. The summed E-state index contributed by atoms with van der Waals surface area (Å²) < 4.78 is 11.2. The third-order valence-corrected chi connectivity index (χ3v) is 4.66. The molecule has 1 saturated heterocycles. The molecule has 1 fully saturated rings. The molecule has 27 heavy (non-hydrogen) atoms. The number of nitrogens with one attached hydrogen (secondary N) is 1. The van der Waals surface area contributed by atoms with Gasteiger partial charge in [0.2, 0.25) is 0 Å². The van der Waals surface area contributed by atoms with Gasteiger partial charge in [-0.2, -0.15) is 0 Å². The molecule has 1 atom stereocenters. The first-order valence-electron chi connectivity index (χ1n) is 8.87. The molecule has 8 nitrogen and oxygen atoms in total. The normalized spacial score (nSPS) is 16.1. The third kappa shape index (κ3) is 4.53. The minimum Gasteiger partial charge on any atom is -0.465 e. The molecule has 1 aliphatic rings. The maximum absolute atomic E-state index is 11.5. The van der Waals surface area contributed by atoms with Crippen molar-refractivity contribution in [1.82, 2.24) is 4.90 Å². The summed E-state index contributed by atoms with van der Waals surface area (Å²) in [6, 6.07) is 8.26. The average Bonchev–Trinajstić information content (AvgIpc) is 3.08. The van der Waals surface area contributed by atoms with Crippen LogP contribution in [0.25, 0.3) is 0 Å². The fourth-order valence-electron chi connectivity index (χ4n) is 3.19. The first-order chi connectivity index (χ1) is 13.0. The maximum Gasteiger partial charge on any atom is 0.293 e. The zero-order valence-electron chi connectivity index (χ0n) is 15.4. The monoisotopic (exact) mass is 373 g/mol. The van der Waals surface area contributed by atoms with Gasteiger partial charge in [0, 0.05) is 31.3 Å². The molecule has 8 heteroatoms. The number of ketones is 1. The lowest BCUT2D eigenvalue weighted by molar-refractivity contribution is -0.384. The fourth-order valence-corrected chi connectivity index (χ4v) is 3.19. The molecule has 1 N–H and O–H groups in total. The Morgan fingerprint density at radius 3 is 2.63 bits per heavy atom. The van der Waals surface area contributed by atoms with Crippen molar-refractivity contribution in [1.29, 1.82) is 0 Å². The molecule has 144 valence electrons. The van der Waals surface area contributed by atoms with E-state index in [2.05, 4.69) is 10.2 Å². The number of carbonyl (C=O) groups is 1. The number of benzene rings is 1. The van der Waals surface area contributed by atoms with Gasteiger partial charge in [-0.05, 0) is 38.1 Å². The number of aryl methyl sites for hydroxylation is 1. The standard InChI is InChI=1S/C19H23N3O5/c1-13-3-6-19(27-13)18(21-7-9-26-10-8-21)12-20-16-5-4-15(14(2)23)11-17(16)22(24)25/h3-6,11,18,20H,7-10,12H2,1-2H3/t18-/m0/s1. The molecule has 3 rings (SSSR count). The van der Waals surface area contributed by atoms with Gasteiger partial charge in [-0.3, -0.25) is 19.8 Å². The first kappa shape index (κ1) is 19.1. The summed E-state index contributed by atoms with van der Waals surface area (Å²) in [7, 11) is 0. The summed E-state index contributed by atoms with van der Waals surface area (Å²) in [5.74, 6) is 1.42. The molecule has 0 amide bonds. The molecule has 2 aromatic rings. The quantitative estimate of drug-likeness (QED) is 0.452. The molecule has 1 aliphatic heterocycles. The number of hydrogen-bond acceptors (Lipinski definition) is 7. The second-order valence-electron chi connectivity index (χ2n) is 6.54. The van der Waals surface area contributed by atoms with E-state index in [-0.39, 0.29) is 17.5 Å². The van der Waals surface area contributed by atoms with Crippen LogP contribution in [0.1, 0.15) is 34.8 Å². The van der Waals surface area contributed by atoms with Gasteiger partial charge >= 0.3 is 0 Å². The van der Waals surface area contributed by atoms with Crippen molar-refractivity contribution >= 4 is 17.2 Å². The van der Waals surface area contributed by atoms with E-state index >= 15 is 0 Å². The molecule has 1 aromatic carbocycles. The summed E-state index contributed by atoms with van der Waals surface area (Å²) in [5, 5.41) is 14.6. The van der Waals surface area contributed by atoms with Crippen molar-refractivity contribution in [3.63, 3.8) is 0 Å². The van der Waals surface area contributed by atoms with Gasteiger partial charge in [0.25, 0.3) is 5.69 Å². The molecule has 0 spiro atoms. The number of furan rings is 1. The average molecular weight is 373 g/mol. The highest BCUT2D eigenvalue weighted by Gasteiger charge is 2.26. The van der Waals surface area contributed by atoms with Crippen LogP contribution in [-0.4, -0.2) is 48.5 Å². The van der Waals surface area contributed by atoms with Crippen LogP contribution in [-0.2, 0) is 4.74 Å². The highest BCUT2D eigenvalue weighted by Crippen LogP contribution is 2.29. The minimum absolute atomic E-state index is 0.0744. The van der Waals surface area contributed by atoms with Gasteiger partial charge in [-0.1, -0.05) is 0 Å². The molecule has 2 heterocycles. The zero-order valence-corrected chi connectivity index (χ0v) is 15.4. The van der Waals surface area contributed by atoms with Gasteiger partial charge in [0.15, 0.2) is 5.78 Å². The Morgan fingerprint density at radius 2 is 2.04 bits per heavy atom. The predicted octanol–water partition coefficient (Wildman–Crippen LogP) is 3.18. The molecule has 0 unspecified atom stereocenters. The number of nitro benzene ring substituents is 1. The number of nitrogens with zero attached hydrogens (tertiary/aromatic N) is 2. The number of anilines is 1. The number of rotatable bonds is 7. The second kappa shape index (κ2) is 8.32. The van der Waals surface area contributed by atoms with Crippen molar-refractivity contribution in [2.75, 3.05) is 38.2 Å². The summed E-state index contributed by atoms with van der Waals surface area (Å²) in [6.45, 7) is 6.52. The maximum atomic E-state index is 11.5. The fraction of sp³-hybridized carbons (Fsp3) is 0.421. The van der Waals surface area contributed by atoms with Crippen LogP contribution in [0, 0.1) is 17.0 Å². The largest absolute Gasteiger partial charge is 0.465 e. The topological polar surface area (TPSA) is 97.9 Å². The van der Waals surface area contributed by atoms with Gasteiger partial charge in [0.05, 0.1) is 24.2 Å². The van der Waals surface area contributed by atoms with Gasteiger partial charge in [-0.25, -0.2) is 0 Å². The van der Waals surface area contributed by atoms with E-state index in [1.54, 1.807) is 12.1 Å². The van der Waals surface area contributed by atoms with Gasteiger partial charge in [0.1, 0.15) is 17.2 Å². The SMILES string of the molecule is CC(=O)c1ccc(NC[C@@H](c2ccc(C)o2)N2CCOCC2)c([N+](=O)[O-])c1. The second-order valence-corrected chi connectivity index (χ2v) is 6.54. The van der Waals surface area contributed by atoms with E-state index in [9.17, 15) is 14.9 Å². The van der Waals surface area contributed by atoms with E-state index < -0.39 is 4.92 Å². The van der Waals surface area contributed by atoms with Crippen LogP contribution in [0.3, 0.4) is 0 Å². The molecule has 1 aromatic heterocycles. The number of carbonyl (C=O) groups excluding carboxylic acids is 1. The molecular weight excluding hydrogens is 350 g/mol. The van der Waals surface area contributed by atoms with E-state index in [1.807, 2.05) is 19.1 Å². The lowest BCUT2D eigenvalue weighted by Gasteiger charge is -2.33. The molecular formula is C19H23N3O5. The number of morpholine rings is 1. The summed E-state index contributed by atoms with van der Waals surface area (Å²) >= 11 is 0. The van der Waals surface area contributed by atoms with Crippen molar-refractivity contribution < 1.29 is 18.9 Å². The smallest absolute Gasteiger partial charge is 0.293 e. The van der Waals surface area contributed by atoms with Gasteiger partial charge < -0.3 is 14.5 Å². The van der Waals surface area contributed by atoms with Crippen LogP contribution >= 0.6 is 0 Å². The number of ether oxygens (including phenoxy) is 1. The van der Waals surface area contributed by atoms with Crippen LogP contribution in [0.2, 0.25) is 0 Å². The molecule has 0 aliphatic carbocycles. The Hall–Kier alpha value is -2.71. The summed E-state index contributed by atoms with van der Waals surface area (Å²) in [6.07, 6.45) is 0. The zero-order chi connectivity index (χ0) is 19.4. The van der Waals surface area contributed by atoms with Crippen LogP contribution in [0.4, 0.5) is 11.4 Å². The van der Waals surface area contributed by atoms with E-state index in [4.69, 9.17) is 9.15 Å². The Balaban J connectivity index is 1.82. The van der Waals surface area contributed by atoms with Crippen LogP contribution in [0.15, 0.2) is 34.7 Å². The third-order valence-electron chi connectivity index (χ3n) is 4.66. The lowest BCUT2D eigenvalue weighted by atomic mass is 10.1. The summed E-state index contributed by atoms with van der Waals surface area (Å²) in [4.78, 5) is 24.7. The highest BCUT2D eigenvalue weighted by atomic mass is 16.6. The Morgan fingerprint density at radius 1 is 1.30 bits per heavy atom. The van der Waals surface area contributed by atoms with Crippen LogP contribution < -0.4 is 5.32 Å². The Labute approximate surface area is 157 Å². The first-order valence-corrected chi connectivity index (χ1v) is 8.87. The van der Waals surface area contributed by atoms with Gasteiger partial charge in [-0.15, -0.1) is 0 Å². The van der Waals surface area contributed by atoms with Crippen molar-refractivity contribution in [3.05, 3.63) is 57.5 Å². The Bertz CT molecular complexity index is 827. The predicted molar refractivity (Wildman–Crippen MR) is 100 cm³/mol. The highest BCUT2D eigenvalue weighted by molar-refractivity contribution is 5.95. The van der Waals surface area contributed by atoms with E-state index in [0.29, 0.717) is 31.0 Å². The molecule has 0 bridgehead atoms.